The fourth-order valence-corrected chi connectivity index (χ4v) is 8.74. The fraction of sp³-hybridized carbons (Fsp3) is 0.280. The second kappa shape index (κ2) is 12.3. The maximum atomic E-state index is 6.44. The third-order valence-corrected chi connectivity index (χ3v) is 11.8. The fourth-order valence-electron chi connectivity index (χ4n) is 8.74. The van der Waals surface area contributed by atoms with Crippen molar-refractivity contribution < 1.29 is 9.47 Å². The first-order valence-electron chi connectivity index (χ1n) is 19.7. The number of benzene rings is 6. The Kier molecular flexibility index (Phi) is 7.89. The van der Waals surface area contributed by atoms with Crippen LogP contribution in [0.4, 0.5) is 34.1 Å². The molecule has 0 saturated heterocycles. The molecular weight excluding hydrogens is 671 g/mol. The van der Waals surface area contributed by atoms with E-state index in [2.05, 4.69) is 194 Å². The number of hydrogen-bond acceptors (Lipinski definition) is 4. The maximum absolute atomic E-state index is 6.44. The van der Waals surface area contributed by atoms with Crippen LogP contribution in [0.1, 0.15) is 84.6 Å². The third kappa shape index (κ3) is 5.74. The lowest BCUT2D eigenvalue weighted by atomic mass is 9.33. The van der Waals surface area contributed by atoms with Gasteiger partial charge in [-0.05, 0) is 116 Å². The third-order valence-electron chi connectivity index (χ3n) is 11.8. The van der Waals surface area contributed by atoms with Crippen LogP contribution in [0, 0.1) is 6.92 Å². The van der Waals surface area contributed by atoms with E-state index in [1.54, 1.807) is 0 Å². The number of rotatable bonds is 3. The van der Waals surface area contributed by atoms with Crippen LogP contribution < -0.4 is 35.7 Å². The normalized spacial score (nSPS) is 14.5. The van der Waals surface area contributed by atoms with Gasteiger partial charge in [-0.25, -0.2) is 0 Å². The molecule has 0 N–H and O–H groups in total. The van der Waals surface area contributed by atoms with E-state index < -0.39 is 0 Å². The van der Waals surface area contributed by atoms with E-state index in [1.807, 2.05) is 0 Å². The Balaban J connectivity index is 1.41. The van der Waals surface area contributed by atoms with Crippen molar-refractivity contribution >= 4 is 57.2 Å². The summed E-state index contributed by atoms with van der Waals surface area (Å²) in [6.45, 7) is 23.2. The lowest BCUT2D eigenvalue weighted by Crippen LogP contribution is -2.61. The molecule has 6 aromatic rings. The first kappa shape index (κ1) is 35.3. The minimum Gasteiger partial charge on any atom is -0.454 e. The Bertz CT molecular complexity index is 2480. The highest BCUT2D eigenvalue weighted by atomic mass is 16.7. The molecule has 276 valence electrons. The molecule has 0 unspecified atom stereocenters. The van der Waals surface area contributed by atoms with Crippen molar-refractivity contribution in [3.05, 3.63) is 138 Å². The van der Waals surface area contributed by atoms with Gasteiger partial charge in [0.05, 0.1) is 0 Å². The van der Waals surface area contributed by atoms with Crippen molar-refractivity contribution in [2.75, 3.05) is 16.6 Å². The van der Waals surface area contributed by atoms with Crippen molar-refractivity contribution in [1.82, 2.24) is 0 Å². The molecule has 0 atom stereocenters. The molecule has 0 fully saturated rings. The second-order valence-corrected chi connectivity index (χ2v) is 18.7. The molecule has 3 heterocycles. The number of aryl methyl sites for hydroxylation is 1. The van der Waals surface area contributed by atoms with Crippen LogP contribution in [0.15, 0.2) is 115 Å². The van der Waals surface area contributed by atoms with Gasteiger partial charge >= 0.3 is 0 Å². The molecule has 0 spiro atoms. The Labute approximate surface area is 327 Å². The Morgan fingerprint density at radius 1 is 0.527 bits per heavy atom. The summed E-state index contributed by atoms with van der Waals surface area (Å²) in [6.07, 6.45) is 0. The van der Waals surface area contributed by atoms with Gasteiger partial charge in [0.15, 0.2) is 11.5 Å². The number of ether oxygens (including phenoxy) is 2. The van der Waals surface area contributed by atoms with Gasteiger partial charge in [0.25, 0.3) is 6.71 Å². The van der Waals surface area contributed by atoms with Crippen molar-refractivity contribution in [1.29, 1.82) is 0 Å². The summed E-state index contributed by atoms with van der Waals surface area (Å²) in [5.41, 5.74) is 18.3. The van der Waals surface area contributed by atoms with E-state index in [0.717, 1.165) is 34.0 Å². The molecule has 6 aromatic carbocycles. The monoisotopic (exact) mass is 722 g/mol. The Morgan fingerprint density at radius 3 is 1.65 bits per heavy atom. The summed E-state index contributed by atoms with van der Waals surface area (Å²) in [7, 11) is 0. The number of nitrogens with zero attached hydrogens (tertiary/aromatic N) is 2. The molecule has 9 rings (SSSR count). The average Bonchev–Trinajstić information content (AvgIpc) is 3.63. The van der Waals surface area contributed by atoms with Gasteiger partial charge in [0.2, 0.25) is 6.79 Å². The lowest BCUT2D eigenvalue weighted by molar-refractivity contribution is 0.174. The van der Waals surface area contributed by atoms with E-state index in [4.69, 9.17) is 9.47 Å². The summed E-state index contributed by atoms with van der Waals surface area (Å²) in [5, 5.41) is 0. The van der Waals surface area contributed by atoms with Crippen LogP contribution in [0.2, 0.25) is 0 Å². The molecule has 5 heteroatoms. The summed E-state index contributed by atoms with van der Waals surface area (Å²) in [6, 6.07) is 43.3. The smallest absolute Gasteiger partial charge is 0.252 e. The maximum Gasteiger partial charge on any atom is 0.252 e. The summed E-state index contributed by atoms with van der Waals surface area (Å²) < 4.78 is 12.5. The molecule has 0 bridgehead atoms. The minimum atomic E-state index is -0.0397. The largest absolute Gasteiger partial charge is 0.454 e. The lowest BCUT2D eigenvalue weighted by Gasteiger charge is -2.45. The van der Waals surface area contributed by atoms with E-state index in [-0.39, 0.29) is 29.8 Å². The van der Waals surface area contributed by atoms with Gasteiger partial charge in [-0.1, -0.05) is 129 Å². The van der Waals surface area contributed by atoms with Crippen LogP contribution in [-0.4, -0.2) is 13.5 Å². The van der Waals surface area contributed by atoms with Gasteiger partial charge in [0, 0.05) is 34.0 Å². The molecule has 0 saturated carbocycles. The van der Waals surface area contributed by atoms with E-state index in [0.29, 0.717) is 0 Å². The van der Waals surface area contributed by atoms with Crippen LogP contribution in [0.3, 0.4) is 0 Å². The molecule has 0 amide bonds. The number of hydrogen-bond donors (Lipinski definition) is 0. The molecular formula is C50H51BN2O2. The highest BCUT2D eigenvalue weighted by Gasteiger charge is 2.45. The highest BCUT2D eigenvalue weighted by molar-refractivity contribution is 7.00. The van der Waals surface area contributed by atoms with Crippen LogP contribution in [-0.2, 0) is 16.2 Å². The molecule has 0 aliphatic carbocycles. The molecule has 3 aliphatic rings. The summed E-state index contributed by atoms with van der Waals surface area (Å²) >= 11 is 0. The van der Waals surface area contributed by atoms with Gasteiger partial charge < -0.3 is 19.3 Å². The SMILES string of the molecule is Cc1cc2c3c(c1)N(c1c(-c4ccccc4)ccc4c1OCO4)c1ccc(C(C)(C)C)cc1B3c1cc(C(C)(C)C)ccc1N2c1ccc(C(C)(C)C)cc1. The average molecular weight is 723 g/mol. The summed E-state index contributed by atoms with van der Waals surface area (Å²) in [4.78, 5) is 5.00. The van der Waals surface area contributed by atoms with Crippen molar-refractivity contribution in [3.63, 3.8) is 0 Å². The van der Waals surface area contributed by atoms with Crippen LogP contribution in [0.25, 0.3) is 11.1 Å². The molecule has 55 heavy (non-hydrogen) atoms. The molecule has 0 aromatic heterocycles. The zero-order chi connectivity index (χ0) is 38.6. The Hall–Kier alpha value is -5.42. The van der Waals surface area contributed by atoms with E-state index in [1.165, 1.54) is 61.4 Å². The standard InChI is InChI=1S/C50H51BN2O2/c1-31-26-42-45-43(27-31)53(46-37(32-14-12-11-13-15-32)22-25-44-47(46)55-30-54-44)41-24-19-35(50(8,9)10)29-39(41)51(45)38-28-34(49(5,6)7)18-23-40(38)52(42)36-20-16-33(17-21-36)48(2,3)4/h11-29H,30H2,1-10H3. The quantitative estimate of drug-likeness (QED) is 0.170. The van der Waals surface area contributed by atoms with Gasteiger partial charge in [-0.3, -0.25) is 0 Å². The Morgan fingerprint density at radius 2 is 1.07 bits per heavy atom. The van der Waals surface area contributed by atoms with Crippen molar-refractivity contribution in [3.8, 4) is 22.6 Å². The summed E-state index contributed by atoms with van der Waals surface area (Å²) in [5.74, 6) is 1.55. The topological polar surface area (TPSA) is 24.9 Å². The van der Waals surface area contributed by atoms with Crippen LogP contribution in [0.5, 0.6) is 11.5 Å². The van der Waals surface area contributed by atoms with E-state index in [9.17, 15) is 0 Å². The minimum absolute atomic E-state index is 0.00986. The second-order valence-electron chi connectivity index (χ2n) is 18.7. The predicted octanol–water partition coefficient (Wildman–Crippen LogP) is 11.4. The number of anilines is 6. The van der Waals surface area contributed by atoms with Crippen molar-refractivity contribution in [2.24, 2.45) is 0 Å². The van der Waals surface area contributed by atoms with Gasteiger partial charge in [-0.15, -0.1) is 0 Å². The van der Waals surface area contributed by atoms with E-state index >= 15 is 0 Å². The molecule has 3 aliphatic heterocycles. The molecule has 4 nitrogen and oxygen atoms in total. The zero-order valence-corrected chi connectivity index (χ0v) is 34.0. The zero-order valence-electron chi connectivity index (χ0n) is 34.0. The highest BCUT2D eigenvalue weighted by Crippen LogP contribution is 2.54. The first-order valence-corrected chi connectivity index (χ1v) is 19.7. The van der Waals surface area contributed by atoms with Gasteiger partial charge in [-0.2, -0.15) is 0 Å². The predicted molar refractivity (Wildman–Crippen MR) is 233 cm³/mol. The molecule has 0 radical (unpaired) electrons. The van der Waals surface area contributed by atoms with Crippen molar-refractivity contribution in [2.45, 2.75) is 85.5 Å². The van der Waals surface area contributed by atoms with Gasteiger partial charge in [0.1, 0.15) is 5.69 Å². The number of fused-ring (bicyclic) bond motifs is 5. The van der Waals surface area contributed by atoms with Crippen LogP contribution >= 0.6 is 0 Å². The first-order chi connectivity index (χ1) is 26.1.